The van der Waals surface area contributed by atoms with Gasteiger partial charge in [0.15, 0.2) is 0 Å². The molecular formula is C18H18N4O3S. The van der Waals surface area contributed by atoms with Gasteiger partial charge >= 0.3 is 5.97 Å². The normalized spacial score (nSPS) is 10.5. The first kappa shape index (κ1) is 17.8. The molecule has 0 unspecified atom stereocenters. The van der Waals surface area contributed by atoms with Gasteiger partial charge in [0.2, 0.25) is 0 Å². The summed E-state index contributed by atoms with van der Waals surface area (Å²) in [4.78, 5) is 30.3. The van der Waals surface area contributed by atoms with E-state index in [0.717, 1.165) is 4.88 Å². The third kappa shape index (κ3) is 3.50. The van der Waals surface area contributed by atoms with Crippen LogP contribution in [0, 0.1) is 0 Å². The van der Waals surface area contributed by atoms with E-state index < -0.39 is 5.97 Å². The van der Waals surface area contributed by atoms with Crippen LogP contribution in [0.15, 0.2) is 46.8 Å². The first-order chi connectivity index (χ1) is 12.7. The Morgan fingerprint density at radius 1 is 1.31 bits per heavy atom. The number of aromatic nitrogens is 3. The minimum Gasteiger partial charge on any atom is -0.462 e. The third-order valence-electron chi connectivity index (χ3n) is 3.62. The van der Waals surface area contributed by atoms with Crippen LogP contribution >= 0.6 is 11.3 Å². The summed E-state index contributed by atoms with van der Waals surface area (Å²) < 4.78 is 6.53. The molecule has 0 aliphatic heterocycles. The van der Waals surface area contributed by atoms with E-state index in [9.17, 15) is 9.59 Å². The highest BCUT2D eigenvalue weighted by Gasteiger charge is 2.25. The zero-order valence-electron chi connectivity index (χ0n) is 14.4. The number of ether oxygens (including phenoxy) is 1. The Balaban J connectivity index is 2.26. The molecule has 0 saturated carbocycles. The molecule has 0 aliphatic rings. The molecule has 3 rings (SSSR count). The molecule has 3 aromatic rings. The van der Waals surface area contributed by atoms with Crippen LogP contribution in [0.5, 0.6) is 0 Å². The first-order valence-corrected chi connectivity index (χ1v) is 9.06. The van der Waals surface area contributed by atoms with Gasteiger partial charge in [-0.1, -0.05) is 6.07 Å². The summed E-state index contributed by atoms with van der Waals surface area (Å²) in [5, 5.41) is 9.31. The van der Waals surface area contributed by atoms with Crippen LogP contribution in [0.4, 0.5) is 11.4 Å². The average Bonchev–Trinajstić information content (AvgIpc) is 3.18. The van der Waals surface area contributed by atoms with Crippen LogP contribution in [-0.4, -0.2) is 27.3 Å². The van der Waals surface area contributed by atoms with Gasteiger partial charge in [-0.3, -0.25) is 9.78 Å². The summed E-state index contributed by atoms with van der Waals surface area (Å²) >= 11 is 1.44. The van der Waals surface area contributed by atoms with E-state index >= 15 is 0 Å². The Kier molecular flexibility index (Phi) is 5.43. The van der Waals surface area contributed by atoms with Crippen molar-refractivity contribution in [2.24, 2.45) is 0 Å². The first-order valence-electron chi connectivity index (χ1n) is 8.18. The molecule has 1 N–H and O–H groups in total. The van der Waals surface area contributed by atoms with Gasteiger partial charge in [0.05, 0.1) is 23.4 Å². The number of hydrogen-bond acceptors (Lipinski definition) is 7. The van der Waals surface area contributed by atoms with Crippen LogP contribution in [-0.2, 0) is 11.3 Å². The number of aryl methyl sites for hydroxylation is 1. The number of anilines is 2. The summed E-state index contributed by atoms with van der Waals surface area (Å²) in [6, 6.07) is 7.23. The number of pyridine rings is 1. The number of carbonyl (C=O) groups excluding carboxylic acids is 1. The van der Waals surface area contributed by atoms with Crippen LogP contribution in [0.3, 0.4) is 0 Å². The minimum absolute atomic E-state index is 0.132. The molecule has 0 aliphatic carbocycles. The molecule has 0 aromatic carbocycles. The number of esters is 1. The van der Waals surface area contributed by atoms with Crippen molar-refractivity contribution >= 4 is 28.7 Å². The van der Waals surface area contributed by atoms with Gasteiger partial charge in [0.1, 0.15) is 16.9 Å². The van der Waals surface area contributed by atoms with Gasteiger partial charge in [-0.2, -0.15) is 5.10 Å². The van der Waals surface area contributed by atoms with E-state index in [-0.39, 0.29) is 23.4 Å². The van der Waals surface area contributed by atoms with E-state index in [1.54, 1.807) is 31.5 Å². The van der Waals surface area contributed by atoms with E-state index in [0.29, 0.717) is 17.9 Å². The lowest BCUT2D eigenvalue weighted by Gasteiger charge is -2.15. The van der Waals surface area contributed by atoms with Crippen molar-refractivity contribution in [3.8, 4) is 10.6 Å². The van der Waals surface area contributed by atoms with Crippen molar-refractivity contribution in [2.45, 2.75) is 20.4 Å². The molecule has 0 fully saturated rings. The molecule has 26 heavy (non-hydrogen) atoms. The van der Waals surface area contributed by atoms with Gasteiger partial charge in [-0.15, -0.1) is 11.3 Å². The second kappa shape index (κ2) is 7.92. The highest BCUT2D eigenvalue weighted by Crippen LogP contribution is 2.30. The third-order valence-corrected chi connectivity index (χ3v) is 4.50. The number of nitrogens with one attached hydrogen (secondary N) is 1. The maximum absolute atomic E-state index is 12.9. The van der Waals surface area contributed by atoms with E-state index in [4.69, 9.17) is 4.74 Å². The zero-order valence-corrected chi connectivity index (χ0v) is 15.2. The van der Waals surface area contributed by atoms with Gasteiger partial charge < -0.3 is 10.1 Å². The quantitative estimate of drug-likeness (QED) is 0.670. The van der Waals surface area contributed by atoms with Gasteiger partial charge in [-0.25, -0.2) is 9.48 Å². The summed E-state index contributed by atoms with van der Waals surface area (Å²) in [6.45, 7) is 4.12. The van der Waals surface area contributed by atoms with Gasteiger partial charge in [-0.05, 0) is 37.4 Å². The van der Waals surface area contributed by atoms with Crippen molar-refractivity contribution in [2.75, 3.05) is 11.9 Å². The second-order valence-corrected chi connectivity index (χ2v) is 6.23. The lowest BCUT2D eigenvalue weighted by Crippen LogP contribution is -2.29. The SMILES string of the molecule is CCOC(=O)c1c(-c2cccs2)nn(CC)c(=O)c1Nc1cccnc1. The molecule has 0 bridgehead atoms. The molecule has 0 saturated heterocycles. The molecule has 134 valence electrons. The van der Waals surface area contributed by atoms with Crippen LogP contribution in [0.1, 0.15) is 24.2 Å². The molecule has 0 amide bonds. The van der Waals surface area contributed by atoms with Crippen LogP contribution in [0.2, 0.25) is 0 Å². The maximum atomic E-state index is 12.9. The van der Waals surface area contributed by atoms with Gasteiger partial charge in [0.25, 0.3) is 5.56 Å². The largest absolute Gasteiger partial charge is 0.462 e. The Hall–Kier alpha value is -3.00. The highest BCUT2D eigenvalue weighted by molar-refractivity contribution is 7.13. The standard InChI is InChI=1S/C18H18N4O3S/c1-3-22-17(23)16(20-12-7-5-9-19-11-12)14(18(24)25-4-2)15(21-22)13-8-6-10-26-13/h5-11,20H,3-4H2,1-2H3. The maximum Gasteiger partial charge on any atom is 0.342 e. The molecule has 0 atom stereocenters. The average molecular weight is 370 g/mol. The predicted octanol–water partition coefficient (Wildman–Crippen LogP) is 3.31. The minimum atomic E-state index is -0.588. The Morgan fingerprint density at radius 3 is 2.77 bits per heavy atom. The molecule has 7 nitrogen and oxygen atoms in total. The zero-order chi connectivity index (χ0) is 18.5. The summed E-state index contributed by atoms with van der Waals surface area (Å²) in [5.74, 6) is -0.588. The fourth-order valence-corrected chi connectivity index (χ4v) is 3.19. The Bertz CT molecular complexity index is 953. The van der Waals surface area contributed by atoms with Crippen molar-refractivity contribution in [1.82, 2.24) is 14.8 Å². The fraction of sp³-hybridized carbons (Fsp3) is 0.222. The Morgan fingerprint density at radius 2 is 2.15 bits per heavy atom. The van der Waals surface area contributed by atoms with Crippen molar-refractivity contribution in [3.63, 3.8) is 0 Å². The summed E-state index contributed by atoms with van der Waals surface area (Å²) in [7, 11) is 0. The Labute approximate surface area is 154 Å². The van der Waals surface area contributed by atoms with E-state index in [2.05, 4.69) is 15.4 Å². The summed E-state index contributed by atoms with van der Waals surface area (Å²) in [5.41, 5.74) is 0.900. The molecule has 3 heterocycles. The van der Waals surface area contributed by atoms with Gasteiger partial charge in [0, 0.05) is 12.7 Å². The van der Waals surface area contributed by atoms with Crippen LogP contribution < -0.4 is 10.9 Å². The molecule has 0 radical (unpaired) electrons. The highest BCUT2D eigenvalue weighted by atomic mass is 32.1. The number of hydrogen-bond donors (Lipinski definition) is 1. The monoisotopic (exact) mass is 370 g/mol. The van der Waals surface area contributed by atoms with Crippen LogP contribution in [0.25, 0.3) is 10.6 Å². The lowest BCUT2D eigenvalue weighted by atomic mass is 10.1. The van der Waals surface area contributed by atoms with Crippen molar-refractivity contribution in [1.29, 1.82) is 0 Å². The topological polar surface area (TPSA) is 86.1 Å². The smallest absolute Gasteiger partial charge is 0.342 e. The van der Waals surface area contributed by atoms with E-state index in [1.807, 2.05) is 24.4 Å². The fourth-order valence-electron chi connectivity index (χ4n) is 2.47. The van der Waals surface area contributed by atoms with Crippen molar-refractivity contribution in [3.05, 3.63) is 58.0 Å². The number of carbonyl (C=O) groups is 1. The summed E-state index contributed by atoms with van der Waals surface area (Å²) in [6.07, 6.45) is 3.21. The molecule has 0 spiro atoms. The lowest BCUT2D eigenvalue weighted by molar-refractivity contribution is 0.0527. The number of nitrogens with zero attached hydrogens (tertiary/aromatic N) is 3. The molecule has 3 aromatic heterocycles. The molecular weight excluding hydrogens is 352 g/mol. The number of rotatable bonds is 6. The van der Waals surface area contributed by atoms with E-state index in [1.165, 1.54) is 16.0 Å². The molecule has 8 heteroatoms. The number of thiophene rings is 1. The predicted molar refractivity (Wildman–Crippen MR) is 101 cm³/mol. The second-order valence-electron chi connectivity index (χ2n) is 5.28. The van der Waals surface area contributed by atoms with Crippen molar-refractivity contribution < 1.29 is 9.53 Å².